The molecule has 0 aliphatic heterocycles. The van der Waals surface area contributed by atoms with Crippen molar-refractivity contribution in [3.8, 4) is 17.2 Å². The number of hydrogen-bond acceptors (Lipinski definition) is 4. The average molecular weight is 409 g/mol. The molecule has 1 saturated carbocycles. The monoisotopic (exact) mass is 409 g/mol. The van der Waals surface area contributed by atoms with E-state index >= 15 is 0 Å². The summed E-state index contributed by atoms with van der Waals surface area (Å²) in [6, 6.07) is 9.45. The van der Waals surface area contributed by atoms with Crippen molar-refractivity contribution in [1.29, 1.82) is 0 Å². The minimum atomic E-state index is -4.70. The van der Waals surface area contributed by atoms with Crippen LogP contribution in [0.5, 0.6) is 17.2 Å². The van der Waals surface area contributed by atoms with Gasteiger partial charge in [0.15, 0.2) is 0 Å². The van der Waals surface area contributed by atoms with E-state index in [0.29, 0.717) is 24.3 Å². The van der Waals surface area contributed by atoms with Crippen LogP contribution >= 0.6 is 0 Å². The summed E-state index contributed by atoms with van der Waals surface area (Å²) in [5, 5.41) is 11.3. The van der Waals surface area contributed by atoms with E-state index in [1.807, 2.05) is 0 Å². The van der Waals surface area contributed by atoms with E-state index < -0.39 is 41.1 Å². The molecule has 0 aromatic heterocycles. The summed E-state index contributed by atoms with van der Waals surface area (Å²) in [6.07, 6.45) is -4.07. The topological polar surface area (TPSA) is 84.9 Å². The Bertz CT molecular complexity index is 911. The van der Waals surface area contributed by atoms with Crippen LogP contribution in [-0.2, 0) is 15.8 Å². The van der Waals surface area contributed by atoms with Crippen LogP contribution < -0.4 is 14.8 Å². The van der Waals surface area contributed by atoms with Crippen LogP contribution in [0.3, 0.4) is 0 Å². The first-order chi connectivity index (χ1) is 13.7. The molecule has 1 aliphatic rings. The highest BCUT2D eigenvalue weighted by Gasteiger charge is 2.42. The number of methoxy groups -OCH3 is 1. The number of carboxylic acids is 1. The number of nitrogens with one attached hydrogen (secondary N) is 1. The SMILES string of the molecule is COc1ccc(Oc2ccc(C(F)(F)F)c(NC(=O)[C@@H]3CC[C@H]3C(=O)O)c2)cc1. The normalized spacial score (nSPS) is 18.5. The van der Waals surface area contributed by atoms with Crippen LogP contribution in [0.1, 0.15) is 18.4 Å². The third-order valence-corrected chi connectivity index (χ3v) is 4.78. The third kappa shape index (κ3) is 4.61. The second-order valence-electron chi connectivity index (χ2n) is 6.60. The van der Waals surface area contributed by atoms with Crippen LogP contribution in [0, 0.1) is 11.8 Å². The number of amides is 1. The zero-order chi connectivity index (χ0) is 21.2. The lowest BCUT2D eigenvalue weighted by molar-refractivity contribution is -0.151. The molecule has 6 nitrogen and oxygen atoms in total. The van der Waals surface area contributed by atoms with E-state index in [2.05, 4.69) is 5.32 Å². The van der Waals surface area contributed by atoms with Gasteiger partial charge >= 0.3 is 12.1 Å². The number of halogens is 3. The molecule has 2 aromatic carbocycles. The molecule has 2 atom stereocenters. The maximum Gasteiger partial charge on any atom is 0.418 e. The van der Waals surface area contributed by atoms with Gasteiger partial charge in [0, 0.05) is 6.07 Å². The lowest BCUT2D eigenvalue weighted by Crippen LogP contribution is -2.41. The highest BCUT2D eigenvalue weighted by Crippen LogP contribution is 2.40. The number of hydrogen-bond donors (Lipinski definition) is 2. The summed E-state index contributed by atoms with van der Waals surface area (Å²) in [5.41, 5.74) is -1.52. The first-order valence-electron chi connectivity index (χ1n) is 8.76. The van der Waals surface area contributed by atoms with E-state index in [1.165, 1.54) is 7.11 Å². The minimum Gasteiger partial charge on any atom is -0.497 e. The highest BCUT2D eigenvalue weighted by atomic mass is 19.4. The number of carboxylic acid groups (broad SMARTS) is 1. The van der Waals surface area contributed by atoms with Gasteiger partial charge in [-0.15, -0.1) is 0 Å². The Morgan fingerprint density at radius 1 is 1.00 bits per heavy atom. The van der Waals surface area contributed by atoms with Gasteiger partial charge in [-0.2, -0.15) is 13.2 Å². The number of anilines is 1. The second-order valence-corrected chi connectivity index (χ2v) is 6.60. The van der Waals surface area contributed by atoms with E-state index in [-0.39, 0.29) is 5.75 Å². The molecule has 0 unspecified atom stereocenters. The predicted octanol–water partition coefficient (Wildman–Crippen LogP) is 4.56. The number of alkyl halides is 3. The maximum absolute atomic E-state index is 13.3. The first kappa shape index (κ1) is 20.5. The highest BCUT2D eigenvalue weighted by molar-refractivity contribution is 5.96. The smallest absolute Gasteiger partial charge is 0.418 e. The number of ether oxygens (including phenoxy) is 2. The van der Waals surface area contributed by atoms with Crippen molar-refractivity contribution in [3.63, 3.8) is 0 Å². The lowest BCUT2D eigenvalue weighted by Gasteiger charge is -2.32. The molecule has 1 aliphatic carbocycles. The predicted molar refractivity (Wildman–Crippen MR) is 97.0 cm³/mol. The van der Waals surface area contributed by atoms with Gasteiger partial charge in [-0.1, -0.05) is 0 Å². The Kier molecular flexibility index (Phi) is 5.67. The van der Waals surface area contributed by atoms with Gasteiger partial charge < -0.3 is 19.9 Å². The molecule has 1 fully saturated rings. The number of carbonyl (C=O) groups excluding carboxylic acids is 1. The molecule has 1 amide bonds. The van der Waals surface area contributed by atoms with Gasteiger partial charge in [-0.3, -0.25) is 9.59 Å². The van der Waals surface area contributed by atoms with Crippen molar-refractivity contribution in [2.24, 2.45) is 11.8 Å². The van der Waals surface area contributed by atoms with Crippen LogP contribution in [0.4, 0.5) is 18.9 Å². The van der Waals surface area contributed by atoms with Crippen molar-refractivity contribution in [2.75, 3.05) is 12.4 Å². The fourth-order valence-electron chi connectivity index (χ4n) is 3.05. The fraction of sp³-hybridized carbons (Fsp3) is 0.300. The number of benzene rings is 2. The van der Waals surface area contributed by atoms with Gasteiger partial charge in [-0.25, -0.2) is 0 Å². The second kappa shape index (κ2) is 8.02. The molecule has 0 heterocycles. The number of aliphatic carboxylic acids is 1. The van der Waals surface area contributed by atoms with Crippen molar-refractivity contribution < 1.29 is 37.3 Å². The number of carbonyl (C=O) groups is 2. The quantitative estimate of drug-likeness (QED) is 0.731. The molecule has 9 heteroatoms. The first-order valence-corrected chi connectivity index (χ1v) is 8.76. The zero-order valence-electron chi connectivity index (χ0n) is 15.3. The summed E-state index contributed by atoms with van der Waals surface area (Å²) in [5.74, 6) is -2.59. The van der Waals surface area contributed by atoms with Gasteiger partial charge in [0.2, 0.25) is 5.91 Å². The molecule has 0 radical (unpaired) electrons. The Hall–Kier alpha value is -3.23. The summed E-state index contributed by atoms with van der Waals surface area (Å²) in [7, 11) is 1.50. The maximum atomic E-state index is 13.3. The Labute approximate surface area is 164 Å². The van der Waals surface area contributed by atoms with E-state index in [1.54, 1.807) is 24.3 Å². The summed E-state index contributed by atoms with van der Waals surface area (Å²) >= 11 is 0. The Morgan fingerprint density at radius 3 is 2.10 bits per heavy atom. The van der Waals surface area contributed by atoms with Gasteiger partial charge in [0.1, 0.15) is 17.2 Å². The molecule has 29 heavy (non-hydrogen) atoms. The fourth-order valence-corrected chi connectivity index (χ4v) is 3.05. The minimum absolute atomic E-state index is 0.0851. The van der Waals surface area contributed by atoms with Crippen LogP contribution in [0.25, 0.3) is 0 Å². The Morgan fingerprint density at radius 2 is 1.59 bits per heavy atom. The summed E-state index contributed by atoms with van der Waals surface area (Å²) in [4.78, 5) is 23.4. The van der Waals surface area contributed by atoms with Crippen molar-refractivity contribution in [1.82, 2.24) is 0 Å². The lowest BCUT2D eigenvalue weighted by atomic mass is 9.73. The van der Waals surface area contributed by atoms with E-state index in [0.717, 1.165) is 18.2 Å². The molecule has 0 bridgehead atoms. The van der Waals surface area contributed by atoms with E-state index in [4.69, 9.17) is 14.6 Å². The van der Waals surface area contributed by atoms with Crippen LogP contribution in [0.2, 0.25) is 0 Å². The molecule has 0 saturated heterocycles. The molecule has 2 N–H and O–H groups in total. The van der Waals surface area contributed by atoms with Crippen LogP contribution in [-0.4, -0.2) is 24.1 Å². The van der Waals surface area contributed by atoms with E-state index in [9.17, 15) is 22.8 Å². The van der Waals surface area contributed by atoms with Crippen molar-refractivity contribution in [3.05, 3.63) is 48.0 Å². The largest absolute Gasteiger partial charge is 0.497 e. The molecular formula is C20H18F3NO5. The summed E-state index contributed by atoms with van der Waals surface area (Å²) < 4.78 is 50.6. The standard InChI is InChI=1S/C20H18F3NO5/c1-28-11-2-4-12(5-3-11)29-13-6-9-16(20(21,22)23)17(10-13)24-18(25)14-7-8-15(14)19(26)27/h2-6,9-10,14-15H,7-8H2,1H3,(H,24,25)(H,26,27)/t14-,15-/m1/s1. The zero-order valence-corrected chi connectivity index (χ0v) is 15.3. The average Bonchev–Trinajstić information content (AvgIpc) is 2.60. The van der Waals surface area contributed by atoms with Gasteiger partial charge in [0.25, 0.3) is 0 Å². The number of rotatable bonds is 6. The van der Waals surface area contributed by atoms with Gasteiger partial charge in [0.05, 0.1) is 30.2 Å². The van der Waals surface area contributed by atoms with Crippen LogP contribution in [0.15, 0.2) is 42.5 Å². The Balaban J connectivity index is 1.83. The van der Waals surface area contributed by atoms with Crippen molar-refractivity contribution >= 4 is 17.6 Å². The molecule has 2 aromatic rings. The van der Waals surface area contributed by atoms with Gasteiger partial charge in [-0.05, 0) is 49.2 Å². The molecular weight excluding hydrogens is 391 g/mol. The third-order valence-electron chi connectivity index (χ3n) is 4.78. The van der Waals surface area contributed by atoms with Crippen molar-refractivity contribution in [2.45, 2.75) is 19.0 Å². The molecule has 154 valence electrons. The summed E-state index contributed by atoms with van der Waals surface area (Å²) in [6.45, 7) is 0. The molecule has 0 spiro atoms. The molecule has 3 rings (SSSR count).